The number of ether oxygens (including phenoxy) is 1. The highest BCUT2D eigenvalue weighted by molar-refractivity contribution is 7.93. The number of carbonyl (C=O) groups is 1. The molecule has 0 amide bonds. The van der Waals surface area contributed by atoms with Crippen molar-refractivity contribution >= 4 is 32.6 Å². The fourth-order valence-electron chi connectivity index (χ4n) is 2.22. The van der Waals surface area contributed by atoms with Gasteiger partial charge in [-0.1, -0.05) is 17.7 Å². The van der Waals surface area contributed by atoms with E-state index in [2.05, 4.69) is 0 Å². The van der Waals surface area contributed by atoms with Gasteiger partial charge in [0.1, 0.15) is 11.8 Å². The molecule has 1 unspecified atom stereocenters. The second kappa shape index (κ2) is 7.23. The van der Waals surface area contributed by atoms with Crippen molar-refractivity contribution in [3.05, 3.63) is 54.1 Å². The van der Waals surface area contributed by atoms with Gasteiger partial charge in [-0.25, -0.2) is 8.42 Å². The van der Waals surface area contributed by atoms with E-state index in [0.29, 0.717) is 11.4 Å². The van der Waals surface area contributed by atoms with Crippen LogP contribution in [-0.4, -0.2) is 26.8 Å². The van der Waals surface area contributed by atoms with E-state index in [1.54, 1.807) is 36.4 Å². The lowest BCUT2D eigenvalue weighted by molar-refractivity contribution is -0.112. The van der Waals surface area contributed by atoms with Crippen molar-refractivity contribution in [3.63, 3.8) is 0 Å². The largest absolute Gasteiger partial charge is 0.497 e. The number of carbonyl (C=O) groups excluding carboxylic acids is 1. The fraction of sp³-hybridized carbons (Fsp3) is 0.235. The molecule has 128 valence electrons. The minimum absolute atomic E-state index is 0.0914. The highest BCUT2D eigenvalue weighted by atomic mass is 35.5. The molecule has 0 aliphatic heterocycles. The Morgan fingerprint density at radius 1 is 1.08 bits per heavy atom. The van der Waals surface area contributed by atoms with Gasteiger partial charge in [0.2, 0.25) is 5.24 Å². The molecule has 0 saturated carbocycles. The first kappa shape index (κ1) is 18.3. The summed E-state index contributed by atoms with van der Waals surface area (Å²) in [7, 11) is -2.43. The quantitative estimate of drug-likeness (QED) is 0.734. The Hall–Kier alpha value is -2.05. The maximum Gasteiger partial charge on any atom is 0.265 e. The van der Waals surface area contributed by atoms with Gasteiger partial charge in [0, 0.05) is 0 Å². The standard InChI is InChI=1S/C17H18ClNO4S/c1-12-4-10-16(11-5-12)24(21,22)19(13(2)17(18)20)14-6-8-15(23-3)9-7-14/h4-11,13H,1-3H3. The van der Waals surface area contributed by atoms with Crippen molar-refractivity contribution in [1.82, 2.24) is 0 Å². The van der Waals surface area contributed by atoms with Crippen LogP contribution in [0.15, 0.2) is 53.4 Å². The molecule has 0 saturated heterocycles. The van der Waals surface area contributed by atoms with E-state index in [4.69, 9.17) is 16.3 Å². The van der Waals surface area contributed by atoms with Crippen LogP contribution >= 0.6 is 11.6 Å². The van der Waals surface area contributed by atoms with E-state index >= 15 is 0 Å². The Morgan fingerprint density at radius 2 is 1.62 bits per heavy atom. The highest BCUT2D eigenvalue weighted by Gasteiger charge is 2.32. The van der Waals surface area contributed by atoms with Gasteiger partial charge >= 0.3 is 0 Å². The number of hydrogen-bond acceptors (Lipinski definition) is 4. The van der Waals surface area contributed by atoms with Crippen LogP contribution in [0.3, 0.4) is 0 Å². The molecular weight excluding hydrogens is 350 g/mol. The lowest BCUT2D eigenvalue weighted by Gasteiger charge is -2.28. The van der Waals surface area contributed by atoms with E-state index in [-0.39, 0.29) is 4.90 Å². The molecule has 2 aromatic carbocycles. The van der Waals surface area contributed by atoms with Crippen molar-refractivity contribution < 1.29 is 17.9 Å². The molecule has 0 radical (unpaired) electrons. The SMILES string of the molecule is COc1ccc(N(C(C)C(=O)Cl)S(=O)(=O)c2ccc(C)cc2)cc1. The third kappa shape index (κ3) is 3.71. The summed E-state index contributed by atoms with van der Waals surface area (Å²) >= 11 is 5.58. The van der Waals surface area contributed by atoms with E-state index < -0.39 is 21.3 Å². The first-order valence-electron chi connectivity index (χ1n) is 7.22. The van der Waals surface area contributed by atoms with Crippen LogP contribution in [0.4, 0.5) is 5.69 Å². The van der Waals surface area contributed by atoms with Crippen molar-refractivity contribution in [2.75, 3.05) is 11.4 Å². The third-order valence-electron chi connectivity index (χ3n) is 3.58. The molecular formula is C17H18ClNO4S. The van der Waals surface area contributed by atoms with E-state index in [9.17, 15) is 13.2 Å². The van der Waals surface area contributed by atoms with Gasteiger partial charge in [-0.3, -0.25) is 9.10 Å². The van der Waals surface area contributed by atoms with E-state index in [1.807, 2.05) is 6.92 Å². The Labute approximate surface area is 146 Å². The average molecular weight is 368 g/mol. The van der Waals surface area contributed by atoms with Gasteiger partial charge in [0.25, 0.3) is 10.0 Å². The topological polar surface area (TPSA) is 63.7 Å². The minimum atomic E-state index is -3.95. The Bertz CT molecular complexity index is 817. The number of rotatable bonds is 6. The molecule has 1 atom stereocenters. The number of methoxy groups -OCH3 is 1. The number of aryl methyl sites for hydroxylation is 1. The Balaban J connectivity index is 2.56. The van der Waals surface area contributed by atoms with Crippen LogP contribution in [0.5, 0.6) is 5.75 Å². The Morgan fingerprint density at radius 3 is 2.08 bits per heavy atom. The summed E-state index contributed by atoms with van der Waals surface area (Å²) in [6.45, 7) is 3.31. The molecule has 0 spiro atoms. The van der Waals surface area contributed by atoms with Crippen LogP contribution < -0.4 is 9.04 Å². The molecule has 0 aliphatic carbocycles. The van der Waals surface area contributed by atoms with Crippen molar-refractivity contribution in [2.24, 2.45) is 0 Å². The maximum atomic E-state index is 13.0. The second-order valence-electron chi connectivity index (χ2n) is 5.29. The summed E-state index contributed by atoms with van der Waals surface area (Å²) in [6, 6.07) is 11.8. The summed E-state index contributed by atoms with van der Waals surface area (Å²) in [5, 5.41) is -0.762. The molecule has 2 aromatic rings. The molecule has 0 fully saturated rings. The van der Waals surface area contributed by atoms with Gasteiger partial charge in [-0.2, -0.15) is 0 Å². The summed E-state index contributed by atoms with van der Waals surface area (Å²) in [6.07, 6.45) is 0. The summed E-state index contributed by atoms with van der Waals surface area (Å²) in [5.74, 6) is 0.580. The summed E-state index contributed by atoms with van der Waals surface area (Å²) < 4.78 is 32.2. The third-order valence-corrected chi connectivity index (χ3v) is 5.81. The number of sulfonamides is 1. The van der Waals surface area contributed by atoms with Crippen molar-refractivity contribution in [2.45, 2.75) is 24.8 Å². The number of benzene rings is 2. The lowest BCUT2D eigenvalue weighted by Crippen LogP contribution is -2.42. The summed E-state index contributed by atoms with van der Waals surface area (Å²) in [5.41, 5.74) is 1.27. The zero-order chi connectivity index (χ0) is 17.9. The van der Waals surface area contributed by atoms with Gasteiger partial charge < -0.3 is 4.74 Å². The molecule has 0 aromatic heterocycles. The fourth-order valence-corrected chi connectivity index (χ4v) is 3.99. The molecule has 0 N–H and O–H groups in total. The number of anilines is 1. The molecule has 24 heavy (non-hydrogen) atoms. The monoisotopic (exact) mass is 367 g/mol. The van der Waals surface area contributed by atoms with Crippen LogP contribution in [0.1, 0.15) is 12.5 Å². The molecule has 0 heterocycles. The molecule has 7 heteroatoms. The van der Waals surface area contributed by atoms with Gasteiger partial charge in [0.15, 0.2) is 0 Å². The van der Waals surface area contributed by atoms with Crippen LogP contribution in [0, 0.1) is 6.92 Å². The molecule has 0 bridgehead atoms. The zero-order valence-corrected chi connectivity index (χ0v) is 15.1. The average Bonchev–Trinajstić information content (AvgIpc) is 2.55. The first-order chi connectivity index (χ1) is 11.3. The molecule has 0 aliphatic rings. The van der Waals surface area contributed by atoms with E-state index in [0.717, 1.165) is 9.87 Å². The molecule has 5 nitrogen and oxygen atoms in total. The predicted molar refractivity (Wildman–Crippen MR) is 94.2 cm³/mol. The first-order valence-corrected chi connectivity index (χ1v) is 9.03. The number of nitrogens with zero attached hydrogens (tertiary/aromatic N) is 1. The highest BCUT2D eigenvalue weighted by Crippen LogP contribution is 2.28. The van der Waals surface area contributed by atoms with Gasteiger partial charge in [-0.15, -0.1) is 0 Å². The minimum Gasteiger partial charge on any atom is -0.497 e. The van der Waals surface area contributed by atoms with Crippen LogP contribution in [-0.2, 0) is 14.8 Å². The summed E-state index contributed by atoms with van der Waals surface area (Å²) in [4.78, 5) is 11.7. The van der Waals surface area contributed by atoms with Gasteiger partial charge in [-0.05, 0) is 61.8 Å². The maximum absolute atomic E-state index is 13.0. The predicted octanol–water partition coefficient (Wildman–Crippen LogP) is 3.35. The zero-order valence-electron chi connectivity index (χ0n) is 13.6. The van der Waals surface area contributed by atoms with Crippen LogP contribution in [0.2, 0.25) is 0 Å². The second-order valence-corrected chi connectivity index (χ2v) is 7.48. The van der Waals surface area contributed by atoms with Gasteiger partial charge in [0.05, 0.1) is 17.7 Å². The smallest absolute Gasteiger partial charge is 0.265 e. The van der Waals surface area contributed by atoms with Crippen molar-refractivity contribution in [3.8, 4) is 5.75 Å². The van der Waals surface area contributed by atoms with Crippen molar-refractivity contribution in [1.29, 1.82) is 0 Å². The van der Waals surface area contributed by atoms with E-state index in [1.165, 1.54) is 26.2 Å². The number of hydrogen-bond donors (Lipinski definition) is 0. The Kier molecular flexibility index (Phi) is 5.51. The normalized spacial score (nSPS) is 12.5. The number of halogens is 1. The lowest BCUT2D eigenvalue weighted by atomic mass is 10.2. The molecule has 2 rings (SSSR count). The van der Waals surface area contributed by atoms with Crippen LogP contribution in [0.25, 0.3) is 0 Å².